The number of rotatable bonds is 2. The van der Waals surface area contributed by atoms with E-state index in [-0.39, 0.29) is 0 Å². The van der Waals surface area contributed by atoms with Gasteiger partial charge in [0.25, 0.3) is 0 Å². The molecule has 0 N–H and O–H groups in total. The molecule has 0 spiro atoms. The molecular formula is C10H12N2O. The molecule has 1 aliphatic heterocycles. The molecule has 0 bridgehead atoms. The SMILES string of the molecule is O=Cc1cc(N2CCCC2)ccn1. The van der Waals surface area contributed by atoms with Crippen molar-refractivity contribution in [3.8, 4) is 0 Å². The highest BCUT2D eigenvalue weighted by molar-refractivity contribution is 5.74. The minimum atomic E-state index is 0.518. The van der Waals surface area contributed by atoms with Gasteiger partial charge in [-0.2, -0.15) is 0 Å². The van der Waals surface area contributed by atoms with Crippen molar-refractivity contribution < 1.29 is 4.79 Å². The van der Waals surface area contributed by atoms with Crippen molar-refractivity contribution in [2.24, 2.45) is 0 Å². The van der Waals surface area contributed by atoms with Crippen LogP contribution in [0.1, 0.15) is 23.3 Å². The van der Waals surface area contributed by atoms with Gasteiger partial charge in [0.1, 0.15) is 5.69 Å². The van der Waals surface area contributed by atoms with Gasteiger partial charge >= 0.3 is 0 Å². The third kappa shape index (κ3) is 1.69. The number of nitrogens with zero attached hydrogens (tertiary/aromatic N) is 2. The molecule has 0 radical (unpaired) electrons. The third-order valence-electron chi connectivity index (χ3n) is 2.36. The van der Waals surface area contributed by atoms with E-state index in [1.165, 1.54) is 12.8 Å². The Labute approximate surface area is 77.4 Å². The summed E-state index contributed by atoms with van der Waals surface area (Å²) in [5.41, 5.74) is 1.64. The van der Waals surface area contributed by atoms with E-state index in [1.807, 2.05) is 12.1 Å². The van der Waals surface area contributed by atoms with E-state index in [0.29, 0.717) is 5.69 Å². The summed E-state index contributed by atoms with van der Waals surface area (Å²) in [5.74, 6) is 0. The fraction of sp³-hybridized carbons (Fsp3) is 0.400. The van der Waals surface area contributed by atoms with Gasteiger partial charge in [-0.1, -0.05) is 0 Å². The molecule has 1 saturated heterocycles. The van der Waals surface area contributed by atoms with E-state index in [0.717, 1.165) is 25.1 Å². The first-order valence-corrected chi connectivity index (χ1v) is 4.56. The maximum Gasteiger partial charge on any atom is 0.168 e. The van der Waals surface area contributed by atoms with Crippen LogP contribution in [0.5, 0.6) is 0 Å². The Morgan fingerprint density at radius 2 is 2.15 bits per heavy atom. The van der Waals surface area contributed by atoms with Gasteiger partial charge in [0.05, 0.1) is 0 Å². The zero-order valence-corrected chi connectivity index (χ0v) is 7.44. The van der Waals surface area contributed by atoms with Crippen LogP contribution in [0.25, 0.3) is 0 Å². The van der Waals surface area contributed by atoms with Gasteiger partial charge in [0.2, 0.25) is 0 Å². The standard InChI is InChI=1S/C10H12N2O/c13-8-9-7-10(3-4-11-9)12-5-1-2-6-12/h3-4,7-8H,1-2,5-6H2. The van der Waals surface area contributed by atoms with Crippen LogP contribution in [0.4, 0.5) is 5.69 Å². The molecule has 68 valence electrons. The Morgan fingerprint density at radius 3 is 2.85 bits per heavy atom. The van der Waals surface area contributed by atoms with Gasteiger partial charge in [-0.15, -0.1) is 0 Å². The van der Waals surface area contributed by atoms with E-state index in [2.05, 4.69) is 9.88 Å². The highest BCUT2D eigenvalue weighted by Crippen LogP contribution is 2.19. The summed E-state index contributed by atoms with van der Waals surface area (Å²) < 4.78 is 0. The van der Waals surface area contributed by atoms with Gasteiger partial charge in [0.15, 0.2) is 6.29 Å². The van der Waals surface area contributed by atoms with Crippen molar-refractivity contribution in [1.82, 2.24) is 4.98 Å². The lowest BCUT2D eigenvalue weighted by molar-refractivity contribution is 0.111. The molecule has 0 amide bonds. The van der Waals surface area contributed by atoms with Crippen LogP contribution in [-0.4, -0.2) is 24.4 Å². The van der Waals surface area contributed by atoms with Crippen LogP contribution < -0.4 is 4.90 Å². The Hall–Kier alpha value is -1.38. The number of hydrogen-bond donors (Lipinski definition) is 0. The van der Waals surface area contributed by atoms with E-state index < -0.39 is 0 Å². The molecule has 1 aliphatic rings. The van der Waals surface area contributed by atoms with Crippen molar-refractivity contribution in [3.05, 3.63) is 24.0 Å². The summed E-state index contributed by atoms with van der Waals surface area (Å²) in [6, 6.07) is 3.80. The molecule has 0 atom stereocenters. The van der Waals surface area contributed by atoms with E-state index in [1.54, 1.807) is 6.20 Å². The molecule has 0 aliphatic carbocycles. The second-order valence-electron chi connectivity index (χ2n) is 3.25. The van der Waals surface area contributed by atoms with Crippen molar-refractivity contribution in [2.45, 2.75) is 12.8 Å². The zero-order valence-electron chi connectivity index (χ0n) is 7.44. The topological polar surface area (TPSA) is 33.2 Å². The lowest BCUT2D eigenvalue weighted by Gasteiger charge is -2.16. The first kappa shape index (κ1) is 8.23. The molecule has 1 fully saturated rings. The minimum Gasteiger partial charge on any atom is -0.371 e. The maximum atomic E-state index is 10.5. The van der Waals surface area contributed by atoms with E-state index in [4.69, 9.17) is 0 Å². The van der Waals surface area contributed by atoms with Crippen LogP contribution >= 0.6 is 0 Å². The molecule has 2 rings (SSSR count). The number of carbonyl (C=O) groups excluding carboxylic acids is 1. The maximum absolute atomic E-state index is 10.5. The molecule has 0 saturated carbocycles. The summed E-state index contributed by atoms with van der Waals surface area (Å²) in [4.78, 5) is 16.7. The van der Waals surface area contributed by atoms with Crippen molar-refractivity contribution in [3.63, 3.8) is 0 Å². The highest BCUT2D eigenvalue weighted by Gasteiger charge is 2.12. The monoisotopic (exact) mass is 176 g/mol. The predicted octanol–water partition coefficient (Wildman–Crippen LogP) is 1.49. The number of anilines is 1. The zero-order chi connectivity index (χ0) is 9.10. The number of aldehydes is 1. The predicted molar refractivity (Wildman–Crippen MR) is 51.1 cm³/mol. The normalized spacial score (nSPS) is 16.2. The number of pyridine rings is 1. The summed E-state index contributed by atoms with van der Waals surface area (Å²) >= 11 is 0. The van der Waals surface area contributed by atoms with Gasteiger partial charge in [0, 0.05) is 25.0 Å². The molecule has 0 unspecified atom stereocenters. The van der Waals surface area contributed by atoms with Gasteiger partial charge in [-0.05, 0) is 25.0 Å². The summed E-state index contributed by atoms with van der Waals surface area (Å²) in [5, 5.41) is 0. The van der Waals surface area contributed by atoms with Crippen LogP contribution in [-0.2, 0) is 0 Å². The summed E-state index contributed by atoms with van der Waals surface area (Å²) in [6.07, 6.45) is 4.98. The molecule has 3 heteroatoms. The largest absolute Gasteiger partial charge is 0.371 e. The average Bonchev–Trinajstić information content (AvgIpc) is 2.71. The van der Waals surface area contributed by atoms with Crippen LogP contribution in [0.2, 0.25) is 0 Å². The third-order valence-corrected chi connectivity index (χ3v) is 2.36. The summed E-state index contributed by atoms with van der Waals surface area (Å²) in [7, 11) is 0. The lowest BCUT2D eigenvalue weighted by Crippen LogP contribution is -2.17. The van der Waals surface area contributed by atoms with Crippen molar-refractivity contribution in [2.75, 3.05) is 18.0 Å². The van der Waals surface area contributed by atoms with Crippen LogP contribution in [0.3, 0.4) is 0 Å². The molecule has 1 aromatic heterocycles. The molecule has 0 aromatic carbocycles. The summed E-state index contributed by atoms with van der Waals surface area (Å²) in [6.45, 7) is 2.20. The van der Waals surface area contributed by atoms with Crippen molar-refractivity contribution in [1.29, 1.82) is 0 Å². The fourth-order valence-electron chi connectivity index (χ4n) is 1.67. The average molecular weight is 176 g/mol. The molecule has 3 nitrogen and oxygen atoms in total. The van der Waals surface area contributed by atoms with Gasteiger partial charge < -0.3 is 4.90 Å². The highest BCUT2D eigenvalue weighted by atomic mass is 16.1. The molecule has 13 heavy (non-hydrogen) atoms. The molecule has 2 heterocycles. The molecular weight excluding hydrogens is 164 g/mol. The second kappa shape index (κ2) is 3.56. The smallest absolute Gasteiger partial charge is 0.168 e. The second-order valence-corrected chi connectivity index (χ2v) is 3.25. The molecule has 1 aromatic rings. The number of carbonyl (C=O) groups is 1. The van der Waals surface area contributed by atoms with E-state index >= 15 is 0 Å². The van der Waals surface area contributed by atoms with Gasteiger partial charge in [-0.25, -0.2) is 0 Å². The van der Waals surface area contributed by atoms with Crippen molar-refractivity contribution >= 4 is 12.0 Å². The first-order chi connectivity index (χ1) is 6.40. The number of hydrogen-bond acceptors (Lipinski definition) is 3. The first-order valence-electron chi connectivity index (χ1n) is 4.56. The Bertz CT molecular complexity index is 306. The Morgan fingerprint density at radius 1 is 1.38 bits per heavy atom. The lowest BCUT2D eigenvalue weighted by atomic mass is 10.3. The Balaban J connectivity index is 2.23. The number of aromatic nitrogens is 1. The minimum absolute atomic E-state index is 0.518. The van der Waals surface area contributed by atoms with Gasteiger partial charge in [-0.3, -0.25) is 9.78 Å². The van der Waals surface area contributed by atoms with Crippen LogP contribution in [0.15, 0.2) is 18.3 Å². The van der Waals surface area contributed by atoms with Crippen LogP contribution in [0, 0.1) is 0 Å². The van der Waals surface area contributed by atoms with E-state index in [9.17, 15) is 4.79 Å². The fourth-order valence-corrected chi connectivity index (χ4v) is 1.67. The Kier molecular flexibility index (Phi) is 2.25. The quantitative estimate of drug-likeness (QED) is 0.640.